The van der Waals surface area contributed by atoms with Gasteiger partial charge in [0.2, 0.25) is 0 Å². The first-order chi connectivity index (χ1) is 9.16. The van der Waals surface area contributed by atoms with Gasteiger partial charge in [-0.1, -0.05) is 63.2 Å². The normalized spacial score (nSPS) is 10.3. The van der Waals surface area contributed by atoms with Crippen LogP contribution in [-0.4, -0.2) is 9.97 Å². The summed E-state index contributed by atoms with van der Waals surface area (Å²) in [5.41, 5.74) is 3.21. The first-order valence-corrected chi connectivity index (χ1v) is 6.67. The van der Waals surface area contributed by atoms with Crippen LogP contribution in [0.5, 0.6) is 0 Å². The topological polar surface area (TPSA) is 28.7 Å². The number of rotatable bonds is 1. The largest absolute Gasteiger partial charge is 0.338 e. The molecule has 3 aromatic rings. The molecule has 0 aliphatic carbocycles. The number of benzene rings is 2. The molecule has 1 N–H and O–H groups in total. The molecule has 1 aromatic heterocycles. The predicted molar refractivity (Wildman–Crippen MR) is 82.0 cm³/mol. The fraction of sp³-hybridized carbons (Fsp3) is 0.235. The molecule has 0 atom stereocenters. The Labute approximate surface area is 114 Å². The van der Waals surface area contributed by atoms with Gasteiger partial charge in [-0.25, -0.2) is 4.98 Å². The van der Waals surface area contributed by atoms with Crippen molar-refractivity contribution in [3.05, 3.63) is 54.6 Å². The van der Waals surface area contributed by atoms with E-state index in [4.69, 9.17) is 0 Å². The van der Waals surface area contributed by atoms with E-state index in [1.54, 1.807) is 0 Å². The van der Waals surface area contributed by atoms with Crippen LogP contribution in [0.2, 0.25) is 0 Å². The van der Waals surface area contributed by atoms with Crippen molar-refractivity contribution in [3.8, 4) is 11.4 Å². The Hall–Kier alpha value is -2.09. The third-order valence-corrected chi connectivity index (χ3v) is 2.44. The number of imidazole rings is 1. The minimum absolute atomic E-state index is 0.833. The second-order valence-electron chi connectivity index (χ2n) is 5.20. The quantitative estimate of drug-likeness (QED) is 0.656. The summed E-state index contributed by atoms with van der Waals surface area (Å²) in [6, 6.07) is 18.2. The van der Waals surface area contributed by atoms with Gasteiger partial charge in [-0.15, -0.1) is 0 Å². The standard InChI is InChI=1S/C13H10N2.C4H10/c1-2-6-10(7-3-1)13-14-11-8-4-5-9-12(11)15-13;1-4(2)3/h1-9H,(H,14,15);4H,1-3H3. The maximum atomic E-state index is 4.53. The van der Waals surface area contributed by atoms with Gasteiger partial charge in [0.15, 0.2) is 0 Å². The van der Waals surface area contributed by atoms with Crippen LogP contribution in [0.3, 0.4) is 0 Å². The molecular formula is C17H20N2. The molecule has 0 fully saturated rings. The number of fused-ring (bicyclic) bond motifs is 1. The Morgan fingerprint density at radius 3 is 2.05 bits per heavy atom. The number of para-hydroxylation sites is 2. The van der Waals surface area contributed by atoms with E-state index in [2.05, 4.69) is 42.9 Å². The molecule has 0 bridgehead atoms. The third-order valence-electron chi connectivity index (χ3n) is 2.44. The van der Waals surface area contributed by atoms with Crippen LogP contribution < -0.4 is 0 Å². The van der Waals surface area contributed by atoms with Gasteiger partial charge in [-0.05, 0) is 18.1 Å². The van der Waals surface area contributed by atoms with E-state index < -0.39 is 0 Å². The van der Waals surface area contributed by atoms with Gasteiger partial charge in [-0.3, -0.25) is 0 Å². The number of nitrogens with zero attached hydrogens (tertiary/aromatic N) is 1. The van der Waals surface area contributed by atoms with E-state index in [-0.39, 0.29) is 0 Å². The van der Waals surface area contributed by atoms with Crippen LogP contribution >= 0.6 is 0 Å². The van der Waals surface area contributed by atoms with Crippen molar-refractivity contribution in [3.63, 3.8) is 0 Å². The van der Waals surface area contributed by atoms with Crippen molar-refractivity contribution in [2.45, 2.75) is 20.8 Å². The van der Waals surface area contributed by atoms with Crippen molar-refractivity contribution < 1.29 is 0 Å². The smallest absolute Gasteiger partial charge is 0.138 e. The molecule has 2 heteroatoms. The lowest BCUT2D eigenvalue weighted by atomic mass is 10.2. The van der Waals surface area contributed by atoms with Crippen LogP contribution in [0.15, 0.2) is 54.6 Å². The molecule has 2 nitrogen and oxygen atoms in total. The third kappa shape index (κ3) is 3.68. The van der Waals surface area contributed by atoms with Crippen LogP contribution in [0, 0.1) is 5.92 Å². The van der Waals surface area contributed by atoms with Crippen LogP contribution in [0.4, 0.5) is 0 Å². The summed E-state index contributed by atoms with van der Waals surface area (Å²) < 4.78 is 0. The Kier molecular flexibility index (Phi) is 4.35. The Morgan fingerprint density at radius 1 is 0.842 bits per heavy atom. The highest BCUT2D eigenvalue weighted by Gasteiger charge is 2.02. The number of aromatic nitrogens is 2. The molecule has 0 radical (unpaired) electrons. The Morgan fingerprint density at radius 2 is 1.42 bits per heavy atom. The molecular weight excluding hydrogens is 232 g/mol. The summed E-state index contributed by atoms with van der Waals surface area (Å²) in [7, 11) is 0. The van der Waals surface area contributed by atoms with Gasteiger partial charge in [-0.2, -0.15) is 0 Å². The minimum atomic E-state index is 0.833. The first-order valence-electron chi connectivity index (χ1n) is 6.67. The molecule has 0 saturated carbocycles. The number of nitrogens with one attached hydrogen (secondary N) is 1. The zero-order chi connectivity index (χ0) is 13.7. The van der Waals surface area contributed by atoms with Gasteiger partial charge >= 0.3 is 0 Å². The maximum absolute atomic E-state index is 4.53. The average molecular weight is 252 g/mol. The highest BCUT2D eigenvalue weighted by Crippen LogP contribution is 2.19. The molecule has 2 aromatic carbocycles. The molecule has 3 rings (SSSR count). The highest BCUT2D eigenvalue weighted by molar-refractivity contribution is 5.79. The molecule has 0 unspecified atom stereocenters. The summed E-state index contributed by atoms with van der Waals surface area (Å²) in [5.74, 6) is 1.76. The van der Waals surface area contributed by atoms with E-state index in [1.807, 2.05) is 42.5 Å². The molecule has 0 saturated heterocycles. The molecule has 0 amide bonds. The van der Waals surface area contributed by atoms with Crippen molar-refractivity contribution in [1.82, 2.24) is 9.97 Å². The van der Waals surface area contributed by atoms with E-state index in [0.717, 1.165) is 28.3 Å². The average Bonchev–Trinajstić information content (AvgIpc) is 2.83. The number of H-pyrrole nitrogens is 1. The molecule has 98 valence electrons. The number of aromatic amines is 1. The fourth-order valence-corrected chi connectivity index (χ4v) is 1.69. The summed E-state index contributed by atoms with van der Waals surface area (Å²) in [6.07, 6.45) is 0. The van der Waals surface area contributed by atoms with Crippen LogP contribution in [-0.2, 0) is 0 Å². The predicted octanol–water partition coefficient (Wildman–Crippen LogP) is 4.89. The lowest BCUT2D eigenvalue weighted by molar-refractivity contribution is 0.737. The van der Waals surface area contributed by atoms with Gasteiger partial charge in [0.1, 0.15) is 5.82 Å². The summed E-state index contributed by atoms with van der Waals surface area (Å²) in [5, 5.41) is 0. The maximum Gasteiger partial charge on any atom is 0.138 e. The van der Waals surface area contributed by atoms with E-state index in [1.165, 1.54) is 0 Å². The second-order valence-corrected chi connectivity index (χ2v) is 5.20. The summed E-state index contributed by atoms with van der Waals surface area (Å²) in [4.78, 5) is 7.83. The van der Waals surface area contributed by atoms with Crippen LogP contribution in [0.1, 0.15) is 20.8 Å². The lowest BCUT2D eigenvalue weighted by Gasteiger charge is -1.93. The van der Waals surface area contributed by atoms with Gasteiger partial charge in [0, 0.05) is 5.56 Å². The van der Waals surface area contributed by atoms with Crippen molar-refractivity contribution in [2.24, 2.45) is 5.92 Å². The van der Waals surface area contributed by atoms with Crippen molar-refractivity contribution in [1.29, 1.82) is 0 Å². The highest BCUT2D eigenvalue weighted by atomic mass is 14.9. The molecule has 0 spiro atoms. The zero-order valence-electron chi connectivity index (χ0n) is 11.7. The molecule has 0 aliphatic heterocycles. The van der Waals surface area contributed by atoms with Gasteiger partial charge < -0.3 is 4.98 Å². The minimum Gasteiger partial charge on any atom is -0.338 e. The van der Waals surface area contributed by atoms with E-state index >= 15 is 0 Å². The zero-order valence-corrected chi connectivity index (χ0v) is 11.7. The van der Waals surface area contributed by atoms with Crippen LogP contribution in [0.25, 0.3) is 22.4 Å². The Bertz CT molecular complexity index is 588. The van der Waals surface area contributed by atoms with E-state index in [9.17, 15) is 0 Å². The van der Waals surface area contributed by atoms with Gasteiger partial charge in [0.25, 0.3) is 0 Å². The SMILES string of the molecule is CC(C)C.c1ccc(-c2nc3ccccc3[nH]2)cc1. The molecule has 0 aliphatic rings. The van der Waals surface area contributed by atoms with Crippen molar-refractivity contribution >= 4 is 11.0 Å². The monoisotopic (exact) mass is 252 g/mol. The molecule has 1 heterocycles. The van der Waals surface area contributed by atoms with E-state index in [0.29, 0.717) is 0 Å². The second kappa shape index (κ2) is 6.19. The molecule has 19 heavy (non-hydrogen) atoms. The Balaban J connectivity index is 0.000000297. The van der Waals surface area contributed by atoms with Gasteiger partial charge in [0.05, 0.1) is 11.0 Å². The van der Waals surface area contributed by atoms with Crippen molar-refractivity contribution in [2.75, 3.05) is 0 Å². The fourth-order valence-electron chi connectivity index (χ4n) is 1.69. The number of hydrogen-bond donors (Lipinski definition) is 1. The summed E-state index contributed by atoms with van der Waals surface area (Å²) >= 11 is 0. The summed E-state index contributed by atoms with van der Waals surface area (Å²) in [6.45, 7) is 6.50. The number of hydrogen-bond acceptors (Lipinski definition) is 1. The first kappa shape index (κ1) is 13.3. The lowest BCUT2D eigenvalue weighted by Crippen LogP contribution is -1.77.